The quantitative estimate of drug-likeness (QED) is 0.574. The molecule has 2 fully saturated rings. The molecule has 0 radical (unpaired) electrons. The lowest BCUT2D eigenvalue weighted by molar-refractivity contribution is -0.144. The number of carbonyl (C=O) groups excluding carboxylic acids is 2. The third-order valence-electron chi connectivity index (χ3n) is 7.13. The summed E-state index contributed by atoms with van der Waals surface area (Å²) >= 11 is 0. The Hall–Kier alpha value is -3.75. The molecule has 2 aromatic rings. The zero-order valence-corrected chi connectivity index (χ0v) is 23.5. The first-order valence-corrected chi connectivity index (χ1v) is 13.5. The van der Waals surface area contributed by atoms with E-state index in [2.05, 4.69) is 4.90 Å². The summed E-state index contributed by atoms with van der Waals surface area (Å²) in [6.45, 7) is 12.7. The van der Waals surface area contributed by atoms with Gasteiger partial charge in [-0.2, -0.15) is 0 Å². The number of carboxylic acid groups (broad SMARTS) is 1. The number of hydrogen-bond donors (Lipinski definition) is 1. The van der Waals surface area contributed by atoms with Crippen LogP contribution in [0.3, 0.4) is 0 Å². The number of nitrogens with zero attached hydrogens (tertiary/aromatic N) is 3. The van der Waals surface area contributed by atoms with Gasteiger partial charge in [0.05, 0.1) is 5.56 Å². The lowest BCUT2D eigenvalue weighted by atomic mass is 9.93. The molecule has 2 heterocycles. The van der Waals surface area contributed by atoms with Crippen molar-refractivity contribution in [1.82, 2.24) is 9.80 Å². The molecule has 9 heteroatoms. The van der Waals surface area contributed by atoms with Crippen LogP contribution in [0.25, 0.3) is 0 Å². The summed E-state index contributed by atoms with van der Waals surface area (Å²) in [5.74, 6) is -0.504. The number of amides is 2. The molecule has 39 heavy (non-hydrogen) atoms. The van der Waals surface area contributed by atoms with Crippen LogP contribution in [0.1, 0.15) is 62.9 Å². The number of ether oxygens (including phenoxy) is 2. The van der Waals surface area contributed by atoms with Crippen molar-refractivity contribution in [1.29, 1.82) is 0 Å². The molecule has 2 aliphatic heterocycles. The number of aromatic carboxylic acids is 1. The van der Waals surface area contributed by atoms with Gasteiger partial charge in [-0.15, -0.1) is 0 Å². The van der Waals surface area contributed by atoms with Crippen LogP contribution in [0.2, 0.25) is 0 Å². The van der Waals surface area contributed by atoms with E-state index in [1.807, 2.05) is 57.2 Å². The summed E-state index contributed by atoms with van der Waals surface area (Å²) in [6, 6.07) is 14.7. The molecule has 2 saturated heterocycles. The van der Waals surface area contributed by atoms with Crippen molar-refractivity contribution < 1.29 is 29.0 Å². The average molecular weight is 538 g/mol. The fourth-order valence-corrected chi connectivity index (χ4v) is 5.16. The fourth-order valence-electron chi connectivity index (χ4n) is 5.16. The Kier molecular flexibility index (Phi) is 8.09. The minimum absolute atomic E-state index is 0.0212. The molecule has 9 nitrogen and oxygen atoms in total. The van der Waals surface area contributed by atoms with Crippen LogP contribution in [0.15, 0.2) is 48.5 Å². The minimum Gasteiger partial charge on any atom is -0.478 e. The van der Waals surface area contributed by atoms with E-state index in [-0.39, 0.29) is 17.9 Å². The second-order valence-electron chi connectivity index (χ2n) is 11.7. The highest BCUT2D eigenvalue weighted by Gasteiger charge is 2.39. The minimum atomic E-state index is -1.08. The number of carbonyl (C=O) groups is 3. The van der Waals surface area contributed by atoms with Gasteiger partial charge in [0, 0.05) is 50.9 Å². The molecule has 0 unspecified atom stereocenters. The Balaban J connectivity index is 1.32. The standard InChI is InChI=1S/C30H39N3O6/c1-29(2,3)39-28(37)32-18-16-31(17-19-32)22-10-12-23(13-11-22)38-30(4,5)27(36)33-15-14-21(20-33)24-8-6-7-9-25(24)26(34)35/h6-13,21H,14-20H2,1-5H3,(H,34,35)/t21-/m1/s1. The molecule has 4 rings (SSSR count). The highest BCUT2D eigenvalue weighted by molar-refractivity contribution is 5.90. The third-order valence-corrected chi connectivity index (χ3v) is 7.13. The van der Waals surface area contributed by atoms with Gasteiger partial charge in [0.15, 0.2) is 5.60 Å². The number of benzene rings is 2. The molecule has 210 valence electrons. The Labute approximate surface area is 230 Å². The van der Waals surface area contributed by atoms with E-state index in [1.54, 1.807) is 35.8 Å². The van der Waals surface area contributed by atoms with Gasteiger partial charge in [-0.05, 0) is 76.9 Å². The SMILES string of the molecule is CC(C)(C)OC(=O)N1CCN(c2ccc(OC(C)(C)C(=O)N3CC[C@@H](c4ccccc4C(=O)O)C3)cc2)CC1. The maximum absolute atomic E-state index is 13.4. The molecule has 0 saturated carbocycles. The number of anilines is 1. The zero-order valence-electron chi connectivity index (χ0n) is 23.5. The van der Waals surface area contributed by atoms with Crippen molar-refractivity contribution in [3.8, 4) is 5.75 Å². The van der Waals surface area contributed by atoms with Crippen molar-refractivity contribution in [2.24, 2.45) is 0 Å². The van der Waals surface area contributed by atoms with Crippen LogP contribution in [-0.4, -0.2) is 83.3 Å². The van der Waals surface area contributed by atoms with Crippen LogP contribution >= 0.6 is 0 Å². The van der Waals surface area contributed by atoms with Gasteiger partial charge < -0.3 is 29.3 Å². The lowest BCUT2D eigenvalue weighted by Crippen LogP contribution is -2.50. The Morgan fingerprint density at radius 2 is 1.49 bits per heavy atom. The van der Waals surface area contributed by atoms with E-state index in [0.717, 1.165) is 11.3 Å². The summed E-state index contributed by atoms with van der Waals surface area (Å²) < 4.78 is 11.6. The maximum atomic E-state index is 13.4. The van der Waals surface area contributed by atoms with Crippen molar-refractivity contribution in [2.75, 3.05) is 44.2 Å². The van der Waals surface area contributed by atoms with Gasteiger partial charge in [-0.25, -0.2) is 9.59 Å². The summed E-state index contributed by atoms with van der Waals surface area (Å²) in [5.41, 5.74) is 0.485. The average Bonchev–Trinajstić information content (AvgIpc) is 3.37. The number of piperazine rings is 1. The van der Waals surface area contributed by atoms with E-state index >= 15 is 0 Å². The molecule has 2 amide bonds. The van der Waals surface area contributed by atoms with E-state index in [4.69, 9.17) is 9.47 Å². The predicted octanol–water partition coefficient (Wildman–Crippen LogP) is 4.62. The van der Waals surface area contributed by atoms with Gasteiger partial charge in [0.25, 0.3) is 5.91 Å². The van der Waals surface area contributed by atoms with Crippen LogP contribution in [0, 0.1) is 0 Å². The largest absolute Gasteiger partial charge is 0.478 e. The molecule has 0 spiro atoms. The van der Waals surface area contributed by atoms with Gasteiger partial charge in [-0.1, -0.05) is 18.2 Å². The van der Waals surface area contributed by atoms with Gasteiger partial charge in [-0.3, -0.25) is 4.79 Å². The molecule has 1 N–H and O–H groups in total. The normalized spacial score (nSPS) is 18.2. The summed E-state index contributed by atoms with van der Waals surface area (Å²) in [7, 11) is 0. The van der Waals surface area contributed by atoms with E-state index in [0.29, 0.717) is 57.0 Å². The molecule has 1 atom stereocenters. The zero-order chi connectivity index (χ0) is 28.4. The number of likely N-dealkylation sites (tertiary alicyclic amines) is 1. The summed E-state index contributed by atoms with van der Waals surface area (Å²) in [6.07, 6.45) is 0.426. The van der Waals surface area contributed by atoms with Crippen LogP contribution in [0.5, 0.6) is 5.75 Å². The molecular weight excluding hydrogens is 498 g/mol. The molecule has 2 aliphatic rings. The van der Waals surface area contributed by atoms with Gasteiger partial charge >= 0.3 is 12.1 Å². The van der Waals surface area contributed by atoms with E-state index < -0.39 is 17.2 Å². The molecule has 0 aliphatic carbocycles. The van der Waals surface area contributed by atoms with Crippen LogP contribution in [-0.2, 0) is 9.53 Å². The monoisotopic (exact) mass is 537 g/mol. The molecule has 0 bridgehead atoms. The molecular formula is C30H39N3O6. The number of hydrogen-bond acceptors (Lipinski definition) is 6. The van der Waals surface area contributed by atoms with Crippen molar-refractivity contribution in [2.45, 2.75) is 58.2 Å². The Morgan fingerprint density at radius 3 is 2.10 bits per heavy atom. The first kappa shape index (κ1) is 28.3. The van der Waals surface area contributed by atoms with Gasteiger partial charge in [0.2, 0.25) is 0 Å². The molecule has 0 aromatic heterocycles. The van der Waals surface area contributed by atoms with Gasteiger partial charge in [0.1, 0.15) is 11.4 Å². The topological polar surface area (TPSA) is 99.6 Å². The first-order valence-electron chi connectivity index (χ1n) is 13.5. The Bertz CT molecular complexity index is 1200. The van der Waals surface area contributed by atoms with Crippen molar-refractivity contribution in [3.05, 3.63) is 59.7 Å². The highest BCUT2D eigenvalue weighted by Crippen LogP contribution is 2.32. The second-order valence-corrected chi connectivity index (χ2v) is 11.7. The Morgan fingerprint density at radius 1 is 0.846 bits per heavy atom. The smallest absolute Gasteiger partial charge is 0.410 e. The van der Waals surface area contributed by atoms with E-state index in [9.17, 15) is 19.5 Å². The van der Waals surface area contributed by atoms with Crippen molar-refractivity contribution in [3.63, 3.8) is 0 Å². The highest BCUT2D eigenvalue weighted by atomic mass is 16.6. The number of carboxylic acids is 1. The second kappa shape index (κ2) is 11.2. The first-order chi connectivity index (χ1) is 18.3. The van der Waals surface area contributed by atoms with Crippen LogP contribution in [0.4, 0.5) is 10.5 Å². The number of rotatable bonds is 6. The van der Waals surface area contributed by atoms with E-state index in [1.165, 1.54) is 0 Å². The molecule has 2 aromatic carbocycles. The lowest BCUT2D eigenvalue weighted by Gasteiger charge is -2.37. The predicted molar refractivity (Wildman–Crippen MR) is 149 cm³/mol. The van der Waals surface area contributed by atoms with Crippen LogP contribution < -0.4 is 9.64 Å². The van der Waals surface area contributed by atoms with Crippen molar-refractivity contribution >= 4 is 23.7 Å². The summed E-state index contributed by atoms with van der Waals surface area (Å²) in [5, 5.41) is 9.54. The maximum Gasteiger partial charge on any atom is 0.410 e. The summed E-state index contributed by atoms with van der Waals surface area (Å²) in [4.78, 5) is 43.1. The fraction of sp³-hybridized carbons (Fsp3) is 0.500. The third kappa shape index (κ3) is 6.82.